The van der Waals surface area contributed by atoms with Crippen molar-refractivity contribution in [1.82, 2.24) is 25.1 Å². The molecule has 0 saturated carbocycles. The van der Waals surface area contributed by atoms with E-state index in [2.05, 4.69) is 79.8 Å². The monoisotopic (exact) mass is 481 g/mol. The lowest BCUT2D eigenvalue weighted by atomic mass is 9.86. The molecule has 8 nitrogen and oxygen atoms in total. The zero-order valence-corrected chi connectivity index (χ0v) is 20.5. The van der Waals surface area contributed by atoms with Crippen molar-refractivity contribution in [2.75, 3.05) is 43.5 Å². The summed E-state index contributed by atoms with van der Waals surface area (Å²) in [4.78, 5) is 13.8. The number of nitrogens with zero attached hydrogens (tertiary/aromatic N) is 5. The number of likely N-dealkylation sites (N-methyl/N-ethyl adjacent to an activating group) is 1. The summed E-state index contributed by atoms with van der Waals surface area (Å²) >= 11 is 0. The molecule has 36 heavy (non-hydrogen) atoms. The summed E-state index contributed by atoms with van der Waals surface area (Å²) in [6.07, 6.45) is 5.37. The second-order valence-electron chi connectivity index (χ2n) is 9.66. The minimum atomic E-state index is -0.322. The highest BCUT2D eigenvalue weighted by Gasteiger charge is 2.39. The van der Waals surface area contributed by atoms with Gasteiger partial charge in [-0.05, 0) is 54.8 Å². The van der Waals surface area contributed by atoms with E-state index in [1.54, 1.807) is 12.4 Å². The number of rotatable bonds is 6. The smallest absolute Gasteiger partial charge is 0.181 e. The third-order valence-corrected chi connectivity index (χ3v) is 7.27. The zero-order valence-electron chi connectivity index (χ0n) is 20.5. The van der Waals surface area contributed by atoms with E-state index in [0.717, 1.165) is 68.5 Å². The fraction of sp³-hybridized carbons (Fsp3) is 0.321. The van der Waals surface area contributed by atoms with Gasteiger partial charge in [0.15, 0.2) is 11.6 Å². The van der Waals surface area contributed by atoms with Crippen LogP contribution < -0.4 is 15.0 Å². The van der Waals surface area contributed by atoms with E-state index in [9.17, 15) is 0 Å². The van der Waals surface area contributed by atoms with Gasteiger partial charge >= 0.3 is 0 Å². The van der Waals surface area contributed by atoms with Gasteiger partial charge in [0.25, 0.3) is 0 Å². The van der Waals surface area contributed by atoms with Crippen molar-refractivity contribution >= 4 is 11.4 Å². The summed E-state index contributed by atoms with van der Waals surface area (Å²) in [5.74, 6) is 2.56. The van der Waals surface area contributed by atoms with Gasteiger partial charge in [-0.15, -0.1) is 0 Å². The molecular formula is C28H31N7O. The lowest BCUT2D eigenvalue weighted by molar-refractivity contribution is 0.161. The van der Waals surface area contributed by atoms with E-state index in [1.807, 2.05) is 18.2 Å². The fourth-order valence-electron chi connectivity index (χ4n) is 5.18. The van der Waals surface area contributed by atoms with Crippen LogP contribution in [0, 0.1) is 0 Å². The maximum absolute atomic E-state index is 5.93. The first-order valence-electron chi connectivity index (χ1n) is 12.5. The largest absolute Gasteiger partial charge is 0.490 e. The first-order valence-corrected chi connectivity index (χ1v) is 12.5. The number of aromatic amines is 1. The molecule has 4 heterocycles. The van der Waals surface area contributed by atoms with Gasteiger partial charge in [-0.3, -0.25) is 15.0 Å². The fourth-order valence-corrected chi connectivity index (χ4v) is 5.18. The molecule has 2 aromatic heterocycles. The van der Waals surface area contributed by atoms with Crippen molar-refractivity contribution in [2.45, 2.75) is 24.9 Å². The van der Waals surface area contributed by atoms with Crippen LogP contribution in [0.1, 0.15) is 24.2 Å². The second kappa shape index (κ2) is 9.62. The third-order valence-electron chi connectivity index (χ3n) is 7.27. The zero-order chi connectivity index (χ0) is 24.4. The molecular weight excluding hydrogens is 450 g/mol. The second-order valence-corrected chi connectivity index (χ2v) is 9.66. The van der Waals surface area contributed by atoms with E-state index >= 15 is 0 Å². The number of hydrogen-bond donors (Lipinski definition) is 2. The Hall–Kier alpha value is -3.91. The molecule has 0 unspecified atom stereocenters. The molecule has 2 aliphatic heterocycles. The molecule has 1 fully saturated rings. The summed E-state index contributed by atoms with van der Waals surface area (Å²) in [5.41, 5.74) is 4.18. The van der Waals surface area contributed by atoms with Gasteiger partial charge in [0, 0.05) is 50.3 Å². The van der Waals surface area contributed by atoms with Crippen LogP contribution in [0.4, 0.5) is 11.4 Å². The Bertz CT molecular complexity index is 1300. The molecule has 2 aromatic carbocycles. The summed E-state index contributed by atoms with van der Waals surface area (Å²) in [6, 6.07) is 20.9. The molecule has 184 valence electrons. The molecule has 2 N–H and O–H groups in total. The Labute approximate surface area is 211 Å². The minimum Gasteiger partial charge on any atom is -0.490 e. The van der Waals surface area contributed by atoms with Crippen molar-refractivity contribution < 1.29 is 4.74 Å². The highest BCUT2D eigenvalue weighted by atomic mass is 16.5. The molecule has 0 bridgehead atoms. The van der Waals surface area contributed by atoms with Crippen LogP contribution in [0.5, 0.6) is 5.75 Å². The average molecular weight is 482 g/mol. The Balaban J connectivity index is 1.21. The number of ether oxygens (including phenoxy) is 1. The van der Waals surface area contributed by atoms with E-state index in [0.29, 0.717) is 5.82 Å². The average Bonchev–Trinajstić information content (AvgIpc) is 3.43. The van der Waals surface area contributed by atoms with Crippen molar-refractivity contribution in [3.63, 3.8) is 0 Å². The van der Waals surface area contributed by atoms with E-state index in [4.69, 9.17) is 9.72 Å². The first-order chi connectivity index (χ1) is 17.7. The number of piperidine rings is 1. The number of H-pyrrole nitrogens is 1. The van der Waals surface area contributed by atoms with E-state index < -0.39 is 0 Å². The predicted octanol–water partition coefficient (Wildman–Crippen LogP) is 4.30. The number of aromatic nitrogens is 4. The SMILES string of the molecule is CN1CCOc2cc(CN3CCC(Nc4ccccc4)(c4nc(-c5ccncc5)n[nH]4)CC3)ccc21. The van der Waals surface area contributed by atoms with Gasteiger partial charge in [-0.1, -0.05) is 24.3 Å². The molecule has 2 aliphatic rings. The van der Waals surface area contributed by atoms with Gasteiger partial charge in [0.1, 0.15) is 12.4 Å². The molecule has 4 aromatic rings. The Morgan fingerprint density at radius 3 is 2.61 bits per heavy atom. The molecule has 0 atom stereocenters. The molecule has 1 saturated heterocycles. The summed E-state index contributed by atoms with van der Waals surface area (Å²) in [6.45, 7) is 4.47. The number of anilines is 2. The number of pyridine rings is 1. The Morgan fingerprint density at radius 1 is 1.00 bits per heavy atom. The molecule has 0 aliphatic carbocycles. The van der Waals surface area contributed by atoms with Gasteiger partial charge in [0.05, 0.1) is 17.8 Å². The Kier molecular flexibility index (Phi) is 6.03. The van der Waals surface area contributed by atoms with Gasteiger partial charge in [-0.25, -0.2) is 4.98 Å². The van der Waals surface area contributed by atoms with Gasteiger partial charge < -0.3 is 15.0 Å². The highest BCUT2D eigenvalue weighted by Crippen LogP contribution is 2.37. The molecule has 0 amide bonds. The molecule has 8 heteroatoms. The number of hydrogen-bond acceptors (Lipinski definition) is 7. The van der Waals surface area contributed by atoms with Crippen LogP contribution in [0.15, 0.2) is 73.1 Å². The van der Waals surface area contributed by atoms with Crippen molar-refractivity contribution in [2.24, 2.45) is 0 Å². The number of para-hydroxylation sites is 1. The van der Waals surface area contributed by atoms with Crippen LogP contribution in [0.2, 0.25) is 0 Å². The number of fused-ring (bicyclic) bond motifs is 1. The first kappa shape index (κ1) is 22.5. The molecule has 0 spiro atoms. The molecule has 0 radical (unpaired) electrons. The quantitative estimate of drug-likeness (QED) is 0.425. The maximum atomic E-state index is 5.93. The number of nitrogens with one attached hydrogen (secondary N) is 2. The normalized spacial score (nSPS) is 17.3. The van der Waals surface area contributed by atoms with Crippen LogP contribution in [0.3, 0.4) is 0 Å². The standard InChI is InChI=1S/C28H31N7O/c1-34-17-18-36-25-19-21(7-8-24(25)34)20-35-15-11-28(12-16-35,31-23-5-3-2-4-6-23)27-30-26(32-33-27)22-9-13-29-14-10-22/h2-10,13-14,19,31H,11-12,15-18,20H2,1H3,(H,30,32,33). The third kappa shape index (κ3) is 4.52. The van der Waals surface area contributed by atoms with E-state index in [-0.39, 0.29) is 5.54 Å². The summed E-state index contributed by atoms with van der Waals surface area (Å²) in [5, 5.41) is 11.6. The van der Waals surface area contributed by atoms with Crippen LogP contribution in [-0.4, -0.2) is 58.4 Å². The molecule has 6 rings (SSSR count). The maximum Gasteiger partial charge on any atom is 0.181 e. The predicted molar refractivity (Wildman–Crippen MR) is 141 cm³/mol. The van der Waals surface area contributed by atoms with Gasteiger partial charge in [0.2, 0.25) is 0 Å². The summed E-state index contributed by atoms with van der Waals surface area (Å²) < 4.78 is 5.93. The topological polar surface area (TPSA) is 82.2 Å². The van der Waals surface area contributed by atoms with Crippen molar-refractivity contribution in [1.29, 1.82) is 0 Å². The van der Waals surface area contributed by atoms with Gasteiger partial charge in [-0.2, -0.15) is 5.10 Å². The van der Waals surface area contributed by atoms with Crippen molar-refractivity contribution in [3.8, 4) is 17.1 Å². The Morgan fingerprint density at radius 2 is 1.81 bits per heavy atom. The number of benzene rings is 2. The lowest BCUT2D eigenvalue weighted by Gasteiger charge is -2.41. The van der Waals surface area contributed by atoms with Crippen LogP contribution >= 0.6 is 0 Å². The lowest BCUT2D eigenvalue weighted by Crippen LogP contribution is -2.47. The summed E-state index contributed by atoms with van der Waals surface area (Å²) in [7, 11) is 2.12. The highest BCUT2D eigenvalue weighted by molar-refractivity contribution is 5.60. The van der Waals surface area contributed by atoms with E-state index in [1.165, 1.54) is 11.3 Å². The van der Waals surface area contributed by atoms with Crippen molar-refractivity contribution in [3.05, 3.63) is 84.4 Å². The van der Waals surface area contributed by atoms with Crippen LogP contribution in [0.25, 0.3) is 11.4 Å². The number of likely N-dealkylation sites (tertiary alicyclic amines) is 1. The van der Waals surface area contributed by atoms with Crippen LogP contribution in [-0.2, 0) is 12.1 Å². The minimum absolute atomic E-state index is 0.322.